The number of carbonyl (C=O) groups excluding carboxylic acids is 1. The molecule has 0 unspecified atom stereocenters. The minimum Gasteiger partial charge on any atom is -0.484 e. The molecule has 4 heteroatoms. The summed E-state index contributed by atoms with van der Waals surface area (Å²) < 4.78 is 5.50. The maximum absolute atomic E-state index is 11.9. The van der Waals surface area contributed by atoms with Crippen molar-refractivity contribution in [1.82, 2.24) is 5.32 Å². The third-order valence-electron chi connectivity index (χ3n) is 3.42. The van der Waals surface area contributed by atoms with Crippen LogP contribution in [0.25, 0.3) is 0 Å². The van der Waals surface area contributed by atoms with Crippen molar-refractivity contribution in [2.75, 3.05) is 12.3 Å². The van der Waals surface area contributed by atoms with Gasteiger partial charge in [-0.3, -0.25) is 4.79 Å². The van der Waals surface area contributed by atoms with Gasteiger partial charge in [-0.05, 0) is 43.5 Å². The SMILES string of the molecule is C#CC(CC)(CC)NC(=O)COc1ccc(N)cc1C. The molecule has 0 fully saturated rings. The lowest BCUT2D eigenvalue weighted by molar-refractivity contribution is -0.124. The molecule has 0 bridgehead atoms. The summed E-state index contributed by atoms with van der Waals surface area (Å²) >= 11 is 0. The number of amides is 1. The maximum atomic E-state index is 11.9. The zero-order valence-corrected chi connectivity index (χ0v) is 12.3. The van der Waals surface area contributed by atoms with Crippen LogP contribution in [-0.2, 0) is 4.79 Å². The van der Waals surface area contributed by atoms with Gasteiger partial charge < -0.3 is 15.8 Å². The Kier molecular flexibility index (Phi) is 5.45. The van der Waals surface area contributed by atoms with Crippen LogP contribution >= 0.6 is 0 Å². The predicted octanol–water partition coefficient (Wildman–Crippen LogP) is 2.26. The fourth-order valence-corrected chi connectivity index (χ4v) is 1.95. The molecule has 0 saturated carbocycles. The van der Waals surface area contributed by atoms with Crippen molar-refractivity contribution in [2.24, 2.45) is 0 Å². The fraction of sp³-hybridized carbons (Fsp3) is 0.438. The Morgan fingerprint density at radius 2 is 2.10 bits per heavy atom. The lowest BCUT2D eigenvalue weighted by Gasteiger charge is -2.27. The van der Waals surface area contributed by atoms with Gasteiger partial charge in [-0.15, -0.1) is 6.42 Å². The van der Waals surface area contributed by atoms with Gasteiger partial charge in [0.05, 0.1) is 0 Å². The third-order valence-corrected chi connectivity index (χ3v) is 3.42. The molecule has 108 valence electrons. The Hall–Kier alpha value is -2.15. The maximum Gasteiger partial charge on any atom is 0.259 e. The van der Waals surface area contributed by atoms with Crippen LogP contribution < -0.4 is 15.8 Å². The van der Waals surface area contributed by atoms with E-state index in [4.69, 9.17) is 16.9 Å². The Balaban J connectivity index is 2.62. The molecule has 1 aromatic carbocycles. The summed E-state index contributed by atoms with van der Waals surface area (Å²) in [6, 6.07) is 5.30. The number of rotatable bonds is 6. The number of benzene rings is 1. The first kappa shape index (κ1) is 15.9. The van der Waals surface area contributed by atoms with Crippen molar-refractivity contribution in [1.29, 1.82) is 0 Å². The highest BCUT2D eigenvalue weighted by atomic mass is 16.5. The van der Waals surface area contributed by atoms with E-state index in [1.807, 2.05) is 20.8 Å². The third kappa shape index (κ3) is 3.92. The van der Waals surface area contributed by atoms with E-state index in [1.54, 1.807) is 18.2 Å². The Morgan fingerprint density at radius 1 is 1.45 bits per heavy atom. The van der Waals surface area contributed by atoms with Gasteiger partial charge in [-0.2, -0.15) is 0 Å². The van der Waals surface area contributed by atoms with E-state index in [-0.39, 0.29) is 12.5 Å². The monoisotopic (exact) mass is 274 g/mol. The van der Waals surface area contributed by atoms with E-state index in [1.165, 1.54) is 0 Å². The van der Waals surface area contributed by atoms with Crippen LogP contribution in [0.15, 0.2) is 18.2 Å². The highest BCUT2D eigenvalue weighted by Gasteiger charge is 2.25. The second-order valence-electron chi connectivity index (χ2n) is 4.80. The molecule has 0 radical (unpaired) electrons. The summed E-state index contributed by atoms with van der Waals surface area (Å²) in [6.07, 6.45) is 6.88. The van der Waals surface area contributed by atoms with Crippen LogP contribution in [0.1, 0.15) is 32.3 Å². The first-order valence-corrected chi connectivity index (χ1v) is 6.74. The molecule has 1 aromatic rings. The topological polar surface area (TPSA) is 64.3 Å². The number of hydrogen-bond donors (Lipinski definition) is 2. The molecule has 1 amide bonds. The van der Waals surface area contributed by atoms with Gasteiger partial charge in [-0.25, -0.2) is 0 Å². The number of anilines is 1. The molecule has 3 N–H and O–H groups in total. The number of nitrogens with one attached hydrogen (secondary N) is 1. The van der Waals surface area contributed by atoms with Gasteiger partial charge in [0.2, 0.25) is 0 Å². The van der Waals surface area contributed by atoms with Gasteiger partial charge in [0.1, 0.15) is 11.3 Å². The molecule has 1 rings (SSSR count). The van der Waals surface area contributed by atoms with Crippen LogP contribution in [0.2, 0.25) is 0 Å². The molecule has 20 heavy (non-hydrogen) atoms. The molecular weight excluding hydrogens is 252 g/mol. The van der Waals surface area contributed by atoms with Crippen molar-refractivity contribution in [2.45, 2.75) is 39.2 Å². The predicted molar refractivity (Wildman–Crippen MR) is 81.4 cm³/mol. The molecule has 4 nitrogen and oxygen atoms in total. The summed E-state index contributed by atoms with van der Waals surface area (Å²) in [7, 11) is 0. The number of ether oxygens (including phenoxy) is 1. The van der Waals surface area contributed by atoms with Gasteiger partial charge >= 0.3 is 0 Å². The van der Waals surface area contributed by atoms with Gasteiger partial charge in [0.15, 0.2) is 6.61 Å². The molecule has 0 aliphatic carbocycles. The average molecular weight is 274 g/mol. The van der Waals surface area contributed by atoms with Crippen LogP contribution in [0.5, 0.6) is 5.75 Å². The lowest BCUT2D eigenvalue weighted by Crippen LogP contribution is -2.48. The number of nitrogen functional groups attached to an aromatic ring is 1. The van der Waals surface area contributed by atoms with Crippen LogP contribution in [0, 0.1) is 19.3 Å². The first-order chi connectivity index (χ1) is 9.46. The molecule has 0 aliphatic heterocycles. The van der Waals surface area contributed by atoms with E-state index in [0.29, 0.717) is 24.3 Å². The minimum atomic E-state index is -0.587. The quantitative estimate of drug-likeness (QED) is 0.618. The molecule has 0 aromatic heterocycles. The van der Waals surface area contributed by atoms with Crippen LogP contribution in [0.3, 0.4) is 0 Å². The highest BCUT2D eigenvalue weighted by molar-refractivity contribution is 5.79. The second kappa shape index (κ2) is 6.85. The molecule has 0 aliphatic rings. The molecule has 0 heterocycles. The molecular formula is C16H22N2O2. The standard InChI is InChI=1S/C16H22N2O2/c1-5-16(6-2,7-3)18-15(19)11-20-14-9-8-13(17)10-12(14)4/h1,8-10H,6-7,11,17H2,2-4H3,(H,18,19). The largest absolute Gasteiger partial charge is 0.484 e. The Labute approximate surface area is 120 Å². The average Bonchev–Trinajstić information content (AvgIpc) is 2.44. The zero-order valence-electron chi connectivity index (χ0n) is 12.3. The summed E-state index contributed by atoms with van der Waals surface area (Å²) in [5, 5.41) is 2.86. The normalized spacial score (nSPS) is 10.7. The van der Waals surface area contributed by atoms with E-state index in [0.717, 1.165) is 5.56 Å². The number of hydrogen-bond acceptors (Lipinski definition) is 3. The van der Waals surface area contributed by atoms with E-state index in [9.17, 15) is 4.79 Å². The second-order valence-corrected chi connectivity index (χ2v) is 4.80. The summed E-state index contributed by atoms with van der Waals surface area (Å²) in [5.41, 5.74) is 6.64. The summed E-state index contributed by atoms with van der Waals surface area (Å²) in [4.78, 5) is 11.9. The van der Waals surface area contributed by atoms with Crippen LogP contribution in [-0.4, -0.2) is 18.1 Å². The van der Waals surface area contributed by atoms with Gasteiger partial charge in [-0.1, -0.05) is 19.8 Å². The van der Waals surface area contributed by atoms with Gasteiger partial charge in [0.25, 0.3) is 5.91 Å². The fourth-order valence-electron chi connectivity index (χ4n) is 1.95. The highest BCUT2D eigenvalue weighted by Crippen LogP contribution is 2.20. The van der Waals surface area contributed by atoms with Crippen molar-refractivity contribution < 1.29 is 9.53 Å². The lowest BCUT2D eigenvalue weighted by atomic mass is 9.94. The Morgan fingerprint density at radius 3 is 2.60 bits per heavy atom. The number of aryl methyl sites for hydroxylation is 1. The molecule has 0 saturated heterocycles. The van der Waals surface area contributed by atoms with Crippen molar-refractivity contribution in [3.8, 4) is 18.1 Å². The van der Waals surface area contributed by atoms with E-state index >= 15 is 0 Å². The Bertz CT molecular complexity index is 514. The van der Waals surface area contributed by atoms with Crippen molar-refractivity contribution >= 4 is 11.6 Å². The molecule has 0 atom stereocenters. The minimum absolute atomic E-state index is 0.0613. The summed E-state index contributed by atoms with van der Waals surface area (Å²) in [6.45, 7) is 5.73. The number of carbonyl (C=O) groups is 1. The smallest absolute Gasteiger partial charge is 0.259 e. The van der Waals surface area contributed by atoms with Crippen molar-refractivity contribution in [3.63, 3.8) is 0 Å². The van der Waals surface area contributed by atoms with Crippen molar-refractivity contribution in [3.05, 3.63) is 23.8 Å². The number of terminal acetylenes is 1. The van der Waals surface area contributed by atoms with Gasteiger partial charge in [0, 0.05) is 5.69 Å². The van der Waals surface area contributed by atoms with Crippen LogP contribution in [0.4, 0.5) is 5.69 Å². The molecule has 0 spiro atoms. The van der Waals surface area contributed by atoms with E-state index < -0.39 is 5.54 Å². The first-order valence-electron chi connectivity index (χ1n) is 6.74. The van der Waals surface area contributed by atoms with E-state index in [2.05, 4.69) is 11.2 Å². The number of nitrogens with two attached hydrogens (primary N) is 1. The zero-order chi connectivity index (χ0) is 15.2. The summed E-state index contributed by atoms with van der Waals surface area (Å²) in [5.74, 6) is 3.09.